The Kier molecular flexibility index (Phi) is 4.93. The van der Waals surface area contributed by atoms with Gasteiger partial charge in [-0.3, -0.25) is 4.79 Å². The molecule has 1 fully saturated rings. The van der Waals surface area contributed by atoms with E-state index in [0.717, 1.165) is 16.5 Å². The highest BCUT2D eigenvalue weighted by Crippen LogP contribution is 2.21. The summed E-state index contributed by atoms with van der Waals surface area (Å²) in [6.45, 7) is 1.49. The number of nitrogens with zero attached hydrogens (tertiary/aromatic N) is 1. The molecule has 1 aromatic rings. The van der Waals surface area contributed by atoms with Crippen LogP contribution in [0.4, 0.5) is 4.39 Å². The van der Waals surface area contributed by atoms with Gasteiger partial charge in [0.1, 0.15) is 5.82 Å². The van der Waals surface area contributed by atoms with Crippen molar-refractivity contribution < 1.29 is 14.3 Å². The topological polar surface area (TPSA) is 40.5 Å². The zero-order valence-electron chi connectivity index (χ0n) is 10.6. The highest BCUT2D eigenvalue weighted by molar-refractivity contribution is 9.10. The molecule has 0 unspecified atom stereocenters. The van der Waals surface area contributed by atoms with Crippen LogP contribution in [0.2, 0.25) is 0 Å². The van der Waals surface area contributed by atoms with Gasteiger partial charge in [0, 0.05) is 36.5 Å². The van der Waals surface area contributed by atoms with E-state index in [1.807, 2.05) is 0 Å². The van der Waals surface area contributed by atoms with E-state index in [1.54, 1.807) is 11.0 Å². The Balaban J connectivity index is 1.88. The predicted octanol–water partition coefficient (Wildman–Crippen LogP) is 2.36. The third-order valence-corrected chi connectivity index (χ3v) is 4.29. The van der Waals surface area contributed by atoms with E-state index in [2.05, 4.69) is 15.9 Å². The zero-order chi connectivity index (χ0) is 13.8. The number of likely N-dealkylation sites (tertiary alicyclic amines) is 1. The van der Waals surface area contributed by atoms with Crippen molar-refractivity contribution in [1.82, 2.24) is 4.90 Å². The van der Waals surface area contributed by atoms with Gasteiger partial charge in [-0.05, 0) is 36.6 Å². The Morgan fingerprint density at radius 3 is 3.00 bits per heavy atom. The van der Waals surface area contributed by atoms with Crippen LogP contribution in [0.25, 0.3) is 0 Å². The quantitative estimate of drug-likeness (QED) is 0.921. The number of aliphatic hydroxyl groups is 1. The minimum atomic E-state index is -0.285. The Hall–Kier alpha value is -0.940. The van der Waals surface area contributed by atoms with Gasteiger partial charge in [-0.15, -0.1) is 0 Å². The van der Waals surface area contributed by atoms with Gasteiger partial charge in [0.15, 0.2) is 0 Å². The summed E-state index contributed by atoms with van der Waals surface area (Å²) in [4.78, 5) is 13.8. The molecule has 3 nitrogen and oxygen atoms in total. The summed E-state index contributed by atoms with van der Waals surface area (Å²) in [5.41, 5.74) is 0.811. The molecule has 1 aromatic carbocycles. The average Bonchev–Trinajstić information content (AvgIpc) is 2.88. The van der Waals surface area contributed by atoms with E-state index in [1.165, 1.54) is 12.1 Å². The summed E-state index contributed by atoms with van der Waals surface area (Å²) in [6, 6.07) is 4.51. The predicted molar refractivity (Wildman–Crippen MR) is 74.2 cm³/mol. The van der Waals surface area contributed by atoms with Crippen LogP contribution in [0.5, 0.6) is 0 Å². The van der Waals surface area contributed by atoms with Gasteiger partial charge in [0.25, 0.3) is 0 Å². The molecule has 19 heavy (non-hydrogen) atoms. The van der Waals surface area contributed by atoms with Gasteiger partial charge in [0.05, 0.1) is 0 Å². The molecule has 104 valence electrons. The molecule has 1 amide bonds. The average molecular weight is 330 g/mol. The second-order valence-corrected chi connectivity index (χ2v) is 5.77. The first-order valence-corrected chi connectivity index (χ1v) is 7.22. The molecule has 0 spiro atoms. The lowest BCUT2D eigenvalue weighted by Gasteiger charge is -2.16. The summed E-state index contributed by atoms with van der Waals surface area (Å²) >= 11 is 3.36. The molecular formula is C14H17BrFNO2. The molecule has 5 heteroatoms. The molecule has 1 aliphatic heterocycles. The number of aryl methyl sites for hydroxylation is 1. The fraction of sp³-hybridized carbons (Fsp3) is 0.500. The molecule has 1 saturated heterocycles. The maximum atomic E-state index is 13.1. The van der Waals surface area contributed by atoms with E-state index in [-0.39, 0.29) is 24.2 Å². The number of amides is 1. The van der Waals surface area contributed by atoms with Crippen molar-refractivity contribution in [2.75, 3.05) is 19.7 Å². The first-order chi connectivity index (χ1) is 9.10. The highest BCUT2D eigenvalue weighted by Gasteiger charge is 2.25. The Labute approximate surface area is 120 Å². The minimum absolute atomic E-state index is 0.0760. The maximum Gasteiger partial charge on any atom is 0.222 e. The number of carbonyl (C=O) groups is 1. The van der Waals surface area contributed by atoms with Gasteiger partial charge in [-0.1, -0.05) is 15.9 Å². The van der Waals surface area contributed by atoms with Crippen molar-refractivity contribution >= 4 is 21.8 Å². The number of rotatable bonds is 4. The summed E-state index contributed by atoms with van der Waals surface area (Å²) in [6.07, 6.45) is 1.77. The van der Waals surface area contributed by atoms with Crippen molar-refractivity contribution in [2.24, 2.45) is 5.92 Å². The monoisotopic (exact) mass is 329 g/mol. The van der Waals surface area contributed by atoms with Crippen molar-refractivity contribution in [3.05, 3.63) is 34.1 Å². The van der Waals surface area contributed by atoms with Crippen LogP contribution in [0.15, 0.2) is 22.7 Å². The summed E-state index contributed by atoms with van der Waals surface area (Å²) in [5, 5.41) is 9.05. The van der Waals surface area contributed by atoms with E-state index < -0.39 is 0 Å². The van der Waals surface area contributed by atoms with Gasteiger partial charge in [0.2, 0.25) is 5.91 Å². The molecule has 1 atom stereocenters. The number of aliphatic hydroxyl groups excluding tert-OH is 1. The lowest BCUT2D eigenvalue weighted by Crippen LogP contribution is -2.29. The number of benzene rings is 1. The molecule has 2 rings (SSSR count). The second kappa shape index (κ2) is 6.48. The third-order valence-electron chi connectivity index (χ3n) is 3.51. The number of carbonyl (C=O) groups excluding carboxylic acids is 1. The van der Waals surface area contributed by atoms with E-state index >= 15 is 0 Å². The summed E-state index contributed by atoms with van der Waals surface area (Å²) in [5.74, 6) is 0.00383. The van der Waals surface area contributed by atoms with Gasteiger partial charge in [-0.25, -0.2) is 4.39 Å². The van der Waals surface area contributed by atoms with Crippen LogP contribution in [0.3, 0.4) is 0 Å². The molecule has 0 saturated carbocycles. The lowest BCUT2D eigenvalue weighted by molar-refractivity contribution is -0.130. The highest BCUT2D eigenvalue weighted by atomic mass is 79.9. The van der Waals surface area contributed by atoms with Crippen LogP contribution < -0.4 is 0 Å². The molecule has 1 N–H and O–H groups in total. The summed E-state index contributed by atoms with van der Waals surface area (Å²) in [7, 11) is 0. The first-order valence-electron chi connectivity index (χ1n) is 6.42. The SMILES string of the molecule is O=C(CCc1cc(F)ccc1Br)N1CC[C@H](CO)C1. The molecular weight excluding hydrogens is 313 g/mol. The third kappa shape index (κ3) is 3.76. The fourth-order valence-corrected chi connectivity index (χ4v) is 2.79. The second-order valence-electron chi connectivity index (χ2n) is 4.91. The molecule has 1 aliphatic rings. The zero-order valence-corrected chi connectivity index (χ0v) is 12.2. The summed E-state index contributed by atoms with van der Waals surface area (Å²) < 4.78 is 14.0. The Morgan fingerprint density at radius 1 is 1.53 bits per heavy atom. The maximum absolute atomic E-state index is 13.1. The normalized spacial score (nSPS) is 18.9. The van der Waals surface area contributed by atoms with E-state index in [0.29, 0.717) is 25.9 Å². The van der Waals surface area contributed by atoms with Crippen LogP contribution >= 0.6 is 15.9 Å². The van der Waals surface area contributed by atoms with E-state index in [9.17, 15) is 9.18 Å². The van der Waals surface area contributed by atoms with Crippen LogP contribution in [-0.4, -0.2) is 35.6 Å². The first kappa shape index (κ1) is 14.5. The van der Waals surface area contributed by atoms with Gasteiger partial charge in [-0.2, -0.15) is 0 Å². The van der Waals surface area contributed by atoms with Crippen LogP contribution in [-0.2, 0) is 11.2 Å². The molecule has 0 aliphatic carbocycles. The Morgan fingerprint density at radius 2 is 2.32 bits per heavy atom. The fourth-order valence-electron chi connectivity index (χ4n) is 2.34. The van der Waals surface area contributed by atoms with E-state index in [4.69, 9.17) is 5.11 Å². The number of hydrogen-bond acceptors (Lipinski definition) is 2. The van der Waals surface area contributed by atoms with Gasteiger partial charge < -0.3 is 10.0 Å². The van der Waals surface area contributed by atoms with Gasteiger partial charge >= 0.3 is 0 Å². The standard InChI is InChI=1S/C14H17BrFNO2/c15-13-3-2-12(16)7-11(13)1-4-14(19)17-6-5-10(8-17)9-18/h2-3,7,10,18H,1,4-6,8-9H2/t10-/m0/s1. The smallest absolute Gasteiger partial charge is 0.222 e. The van der Waals surface area contributed by atoms with Crippen molar-refractivity contribution in [3.8, 4) is 0 Å². The van der Waals surface area contributed by atoms with Crippen molar-refractivity contribution in [2.45, 2.75) is 19.3 Å². The van der Waals surface area contributed by atoms with Crippen LogP contribution in [0.1, 0.15) is 18.4 Å². The van der Waals surface area contributed by atoms with Crippen LogP contribution in [0, 0.1) is 11.7 Å². The number of hydrogen-bond donors (Lipinski definition) is 1. The molecule has 0 radical (unpaired) electrons. The van der Waals surface area contributed by atoms with Crippen molar-refractivity contribution in [3.63, 3.8) is 0 Å². The number of halogens is 2. The Bertz CT molecular complexity index is 467. The lowest BCUT2D eigenvalue weighted by atomic mass is 10.1. The minimum Gasteiger partial charge on any atom is -0.396 e. The molecule has 0 bridgehead atoms. The largest absolute Gasteiger partial charge is 0.396 e. The molecule has 0 aromatic heterocycles. The van der Waals surface area contributed by atoms with Crippen molar-refractivity contribution in [1.29, 1.82) is 0 Å². The molecule has 1 heterocycles.